The summed E-state index contributed by atoms with van der Waals surface area (Å²) in [5.74, 6) is 0.725. The Morgan fingerprint density at radius 3 is 2.79 bits per heavy atom. The molecule has 0 fully saturated rings. The molecule has 3 N–H and O–H groups in total. The summed E-state index contributed by atoms with van der Waals surface area (Å²) in [5.41, 5.74) is 6.78. The Hall–Kier alpha value is -0.580. The Morgan fingerprint density at radius 1 is 1.57 bits per heavy atom. The van der Waals surface area contributed by atoms with Gasteiger partial charge in [0.15, 0.2) is 0 Å². The molecule has 0 saturated carbocycles. The molecule has 0 aliphatic rings. The number of aliphatic hydroxyl groups is 1. The van der Waals surface area contributed by atoms with Gasteiger partial charge in [0.1, 0.15) is 12.4 Å². The summed E-state index contributed by atoms with van der Waals surface area (Å²) >= 11 is 3.38. The number of ether oxygens (including phenoxy) is 1. The molecule has 3 nitrogen and oxygen atoms in total. The van der Waals surface area contributed by atoms with E-state index in [-0.39, 0.29) is 12.6 Å². The number of halogens is 1. The van der Waals surface area contributed by atoms with Crippen molar-refractivity contribution < 1.29 is 9.84 Å². The van der Waals surface area contributed by atoms with Gasteiger partial charge in [0.2, 0.25) is 0 Å². The number of hydrogen-bond donors (Lipinski definition) is 2. The fourth-order valence-electron chi connectivity index (χ4n) is 1.07. The van der Waals surface area contributed by atoms with Gasteiger partial charge in [-0.25, -0.2) is 0 Å². The molecule has 0 aliphatic heterocycles. The molecule has 4 heteroatoms. The lowest BCUT2D eigenvalue weighted by molar-refractivity contribution is 0.200. The molecule has 0 saturated heterocycles. The van der Waals surface area contributed by atoms with Crippen LogP contribution in [0.4, 0.5) is 0 Å². The number of aliphatic hydroxyl groups excluding tert-OH is 1. The van der Waals surface area contributed by atoms with Gasteiger partial charge in [-0.05, 0) is 40.5 Å². The second-order valence-electron chi connectivity index (χ2n) is 3.05. The molecule has 1 rings (SSSR count). The molecule has 1 atom stereocenters. The molecule has 0 radical (unpaired) electrons. The highest BCUT2D eigenvalue weighted by atomic mass is 79.9. The van der Waals surface area contributed by atoms with Crippen molar-refractivity contribution in [1.29, 1.82) is 0 Å². The molecule has 0 heterocycles. The highest BCUT2D eigenvalue weighted by Crippen LogP contribution is 2.27. The third kappa shape index (κ3) is 2.97. The summed E-state index contributed by atoms with van der Waals surface area (Å²) in [5, 5.41) is 8.60. The second kappa shape index (κ2) is 5.34. The summed E-state index contributed by atoms with van der Waals surface area (Å²) in [7, 11) is 0. The van der Waals surface area contributed by atoms with Gasteiger partial charge < -0.3 is 15.6 Å². The Kier molecular flexibility index (Phi) is 4.38. The SMILES string of the molecule is C[C@H](N)c1ccc(OCCO)c(Br)c1. The van der Waals surface area contributed by atoms with Crippen molar-refractivity contribution in [3.05, 3.63) is 28.2 Å². The maximum absolute atomic E-state index is 8.60. The third-order valence-electron chi connectivity index (χ3n) is 1.83. The van der Waals surface area contributed by atoms with Crippen LogP contribution in [0.3, 0.4) is 0 Å². The molecule has 0 bridgehead atoms. The van der Waals surface area contributed by atoms with Crippen LogP contribution in [0.25, 0.3) is 0 Å². The summed E-state index contributed by atoms with van der Waals surface area (Å²) in [6.45, 7) is 2.24. The largest absolute Gasteiger partial charge is 0.490 e. The maximum atomic E-state index is 8.60. The Balaban J connectivity index is 2.79. The molecule has 0 amide bonds. The van der Waals surface area contributed by atoms with Crippen LogP contribution in [0, 0.1) is 0 Å². The first-order valence-corrected chi connectivity index (χ1v) is 5.23. The average Bonchev–Trinajstić information content (AvgIpc) is 2.15. The zero-order chi connectivity index (χ0) is 10.6. The van der Waals surface area contributed by atoms with Crippen LogP contribution in [-0.2, 0) is 0 Å². The van der Waals surface area contributed by atoms with E-state index in [1.54, 1.807) is 0 Å². The minimum atomic E-state index is 0.0122. The van der Waals surface area contributed by atoms with E-state index in [1.165, 1.54) is 0 Å². The normalized spacial score (nSPS) is 12.6. The lowest BCUT2D eigenvalue weighted by Gasteiger charge is -2.10. The number of rotatable bonds is 4. The molecular weight excluding hydrogens is 246 g/mol. The Morgan fingerprint density at radius 2 is 2.29 bits per heavy atom. The molecule has 1 aromatic carbocycles. The first kappa shape index (κ1) is 11.5. The fraction of sp³-hybridized carbons (Fsp3) is 0.400. The van der Waals surface area contributed by atoms with Crippen LogP contribution >= 0.6 is 15.9 Å². The average molecular weight is 260 g/mol. The molecule has 0 aliphatic carbocycles. The predicted octanol–water partition coefficient (Wildman–Crippen LogP) is 1.84. The predicted molar refractivity (Wildman–Crippen MR) is 59.3 cm³/mol. The van der Waals surface area contributed by atoms with Gasteiger partial charge in [-0.1, -0.05) is 6.07 Å². The topological polar surface area (TPSA) is 55.5 Å². The highest BCUT2D eigenvalue weighted by Gasteiger charge is 2.04. The van der Waals surface area contributed by atoms with Crippen molar-refractivity contribution in [3.8, 4) is 5.75 Å². The third-order valence-corrected chi connectivity index (χ3v) is 2.45. The molecule has 0 spiro atoms. The van der Waals surface area contributed by atoms with Crippen LogP contribution in [0.5, 0.6) is 5.75 Å². The monoisotopic (exact) mass is 259 g/mol. The number of nitrogens with two attached hydrogens (primary N) is 1. The molecular formula is C10H14BrNO2. The van der Waals surface area contributed by atoms with E-state index < -0.39 is 0 Å². The number of benzene rings is 1. The van der Waals surface area contributed by atoms with E-state index in [9.17, 15) is 0 Å². The summed E-state index contributed by atoms with van der Waals surface area (Å²) in [6.07, 6.45) is 0. The zero-order valence-electron chi connectivity index (χ0n) is 8.03. The van der Waals surface area contributed by atoms with Crippen LogP contribution in [-0.4, -0.2) is 18.3 Å². The molecule has 0 unspecified atom stereocenters. The molecule has 0 aromatic heterocycles. The van der Waals surface area contributed by atoms with Crippen molar-refractivity contribution >= 4 is 15.9 Å². The van der Waals surface area contributed by atoms with Crippen LogP contribution in [0.1, 0.15) is 18.5 Å². The van der Waals surface area contributed by atoms with E-state index in [4.69, 9.17) is 15.6 Å². The van der Waals surface area contributed by atoms with E-state index in [2.05, 4.69) is 15.9 Å². The highest BCUT2D eigenvalue weighted by molar-refractivity contribution is 9.10. The maximum Gasteiger partial charge on any atom is 0.133 e. The standard InChI is InChI=1S/C10H14BrNO2/c1-7(12)8-2-3-10(9(11)6-8)14-5-4-13/h2-3,6-7,13H,4-5,12H2,1H3/t7-/m0/s1. The minimum absolute atomic E-state index is 0.0122. The van der Waals surface area contributed by atoms with Gasteiger partial charge in [-0.15, -0.1) is 0 Å². The Bertz CT molecular complexity index is 302. The van der Waals surface area contributed by atoms with Gasteiger partial charge in [-0.2, -0.15) is 0 Å². The van der Waals surface area contributed by atoms with Gasteiger partial charge in [0, 0.05) is 6.04 Å². The second-order valence-corrected chi connectivity index (χ2v) is 3.90. The summed E-state index contributed by atoms with van der Waals surface area (Å²) < 4.78 is 6.14. The molecule has 14 heavy (non-hydrogen) atoms. The number of hydrogen-bond acceptors (Lipinski definition) is 3. The zero-order valence-corrected chi connectivity index (χ0v) is 9.62. The molecule has 78 valence electrons. The van der Waals surface area contributed by atoms with Crippen molar-refractivity contribution in [1.82, 2.24) is 0 Å². The van der Waals surface area contributed by atoms with Crippen LogP contribution < -0.4 is 10.5 Å². The van der Waals surface area contributed by atoms with Gasteiger partial charge in [0.05, 0.1) is 11.1 Å². The van der Waals surface area contributed by atoms with Crippen molar-refractivity contribution in [3.63, 3.8) is 0 Å². The van der Waals surface area contributed by atoms with E-state index >= 15 is 0 Å². The summed E-state index contributed by atoms with van der Waals surface area (Å²) in [6, 6.07) is 5.70. The molecule has 1 aromatic rings. The van der Waals surface area contributed by atoms with Crippen molar-refractivity contribution in [2.45, 2.75) is 13.0 Å². The lowest BCUT2D eigenvalue weighted by atomic mass is 10.1. The smallest absolute Gasteiger partial charge is 0.133 e. The van der Waals surface area contributed by atoms with Crippen molar-refractivity contribution in [2.24, 2.45) is 5.73 Å². The fourth-order valence-corrected chi connectivity index (χ4v) is 1.58. The van der Waals surface area contributed by atoms with E-state index in [1.807, 2.05) is 25.1 Å². The lowest BCUT2D eigenvalue weighted by Crippen LogP contribution is -2.06. The first-order chi connectivity index (χ1) is 6.65. The van der Waals surface area contributed by atoms with Crippen LogP contribution in [0.15, 0.2) is 22.7 Å². The van der Waals surface area contributed by atoms with E-state index in [0.717, 1.165) is 15.8 Å². The Labute approximate surface area is 92.0 Å². The summed E-state index contributed by atoms with van der Waals surface area (Å²) in [4.78, 5) is 0. The van der Waals surface area contributed by atoms with E-state index in [0.29, 0.717) is 6.61 Å². The van der Waals surface area contributed by atoms with Crippen molar-refractivity contribution in [2.75, 3.05) is 13.2 Å². The minimum Gasteiger partial charge on any atom is -0.490 e. The van der Waals surface area contributed by atoms with Gasteiger partial charge in [0.25, 0.3) is 0 Å². The van der Waals surface area contributed by atoms with Gasteiger partial charge >= 0.3 is 0 Å². The van der Waals surface area contributed by atoms with Gasteiger partial charge in [-0.3, -0.25) is 0 Å². The van der Waals surface area contributed by atoms with Crippen LogP contribution in [0.2, 0.25) is 0 Å². The first-order valence-electron chi connectivity index (χ1n) is 4.44. The quantitative estimate of drug-likeness (QED) is 0.868.